The number of likely N-dealkylation sites (tertiary alicyclic amines) is 1. The lowest BCUT2D eigenvalue weighted by Gasteiger charge is -2.35. The van der Waals surface area contributed by atoms with E-state index in [1.54, 1.807) is 0 Å². The lowest BCUT2D eigenvalue weighted by atomic mass is 10.0. The molecule has 2 N–H and O–H groups in total. The highest BCUT2D eigenvalue weighted by atomic mass is 32.2. The van der Waals surface area contributed by atoms with Crippen LogP contribution in [0.3, 0.4) is 0 Å². The van der Waals surface area contributed by atoms with E-state index in [-0.39, 0.29) is 10.9 Å². The maximum Gasteiger partial charge on any atom is 0.320 e. The van der Waals surface area contributed by atoms with E-state index in [1.165, 1.54) is 12.1 Å². The van der Waals surface area contributed by atoms with Gasteiger partial charge in [0.05, 0.1) is 4.90 Å². The molecule has 8 heteroatoms. The predicted octanol–water partition coefficient (Wildman–Crippen LogP) is 1.43. The standard InChI is InChI=1S/C15H21FN2O4S/c1-2-14(15(19)20)18-9-7-12(8-10-18)17-23(21,22)13-5-3-11(16)4-6-13/h3-6,12,14,17H,2,7-10H2,1H3,(H,19,20). The zero-order valence-corrected chi connectivity index (χ0v) is 13.7. The Bertz CT molecular complexity index is 640. The van der Waals surface area contributed by atoms with Crippen LogP contribution in [-0.4, -0.2) is 49.6 Å². The fourth-order valence-corrected chi connectivity index (χ4v) is 4.12. The molecule has 0 radical (unpaired) electrons. The number of carbonyl (C=O) groups is 1. The molecule has 1 unspecified atom stereocenters. The molecule has 1 atom stereocenters. The van der Waals surface area contributed by atoms with Gasteiger partial charge in [-0.2, -0.15) is 0 Å². The van der Waals surface area contributed by atoms with Crippen molar-refractivity contribution in [3.8, 4) is 0 Å². The van der Waals surface area contributed by atoms with Crippen LogP contribution in [0.4, 0.5) is 4.39 Å². The number of hydrogen-bond donors (Lipinski definition) is 2. The Morgan fingerprint density at radius 2 is 1.91 bits per heavy atom. The number of nitrogens with one attached hydrogen (secondary N) is 1. The zero-order valence-electron chi connectivity index (χ0n) is 12.9. The van der Waals surface area contributed by atoms with Crippen LogP contribution in [0, 0.1) is 5.82 Å². The van der Waals surface area contributed by atoms with Gasteiger partial charge >= 0.3 is 5.97 Å². The number of carboxylic acids is 1. The minimum Gasteiger partial charge on any atom is -0.480 e. The summed E-state index contributed by atoms with van der Waals surface area (Å²) in [5.41, 5.74) is 0. The molecule has 1 aromatic carbocycles. The van der Waals surface area contributed by atoms with Gasteiger partial charge in [-0.1, -0.05) is 6.92 Å². The number of sulfonamides is 1. The van der Waals surface area contributed by atoms with E-state index in [2.05, 4.69) is 4.72 Å². The third-order valence-corrected chi connectivity index (χ3v) is 5.62. The van der Waals surface area contributed by atoms with E-state index in [1.807, 2.05) is 11.8 Å². The van der Waals surface area contributed by atoms with Gasteiger partial charge in [-0.05, 0) is 43.5 Å². The van der Waals surface area contributed by atoms with Crippen molar-refractivity contribution in [1.29, 1.82) is 0 Å². The molecule has 0 aliphatic carbocycles. The van der Waals surface area contributed by atoms with Crippen molar-refractivity contribution in [3.63, 3.8) is 0 Å². The Labute approximate surface area is 135 Å². The number of carboxylic acid groups (broad SMARTS) is 1. The second-order valence-corrected chi connectivity index (χ2v) is 7.36. The van der Waals surface area contributed by atoms with Crippen LogP contribution < -0.4 is 4.72 Å². The summed E-state index contributed by atoms with van der Waals surface area (Å²) in [5.74, 6) is -1.34. The SMILES string of the molecule is CCC(C(=O)O)N1CCC(NS(=O)(=O)c2ccc(F)cc2)CC1. The monoisotopic (exact) mass is 344 g/mol. The average Bonchev–Trinajstić information content (AvgIpc) is 2.49. The molecule has 0 spiro atoms. The van der Waals surface area contributed by atoms with Crippen molar-refractivity contribution in [1.82, 2.24) is 9.62 Å². The fraction of sp³-hybridized carbons (Fsp3) is 0.533. The summed E-state index contributed by atoms with van der Waals surface area (Å²) in [7, 11) is -3.69. The summed E-state index contributed by atoms with van der Waals surface area (Å²) >= 11 is 0. The first-order chi connectivity index (χ1) is 10.8. The van der Waals surface area contributed by atoms with Gasteiger partial charge < -0.3 is 5.11 Å². The summed E-state index contributed by atoms with van der Waals surface area (Å²) in [4.78, 5) is 13.1. The molecule has 0 saturated carbocycles. The van der Waals surface area contributed by atoms with Crippen LogP contribution in [0.15, 0.2) is 29.2 Å². The first-order valence-electron chi connectivity index (χ1n) is 7.58. The van der Waals surface area contributed by atoms with Gasteiger partial charge in [0, 0.05) is 19.1 Å². The molecule has 0 amide bonds. The third kappa shape index (κ3) is 4.49. The average molecular weight is 344 g/mol. The van der Waals surface area contributed by atoms with Crippen molar-refractivity contribution in [3.05, 3.63) is 30.1 Å². The maximum atomic E-state index is 12.9. The predicted molar refractivity (Wildman–Crippen MR) is 83.0 cm³/mol. The van der Waals surface area contributed by atoms with Crippen LogP contribution in [0.5, 0.6) is 0 Å². The molecule has 0 aromatic heterocycles. The largest absolute Gasteiger partial charge is 0.480 e. The Morgan fingerprint density at radius 3 is 2.39 bits per heavy atom. The minimum atomic E-state index is -3.69. The lowest BCUT2D eigenvalue weighted by molar-refractivity contribution is -0.143. The lowest BCUT2D eigenvalue weighted by Crippen LogP contribution is -2.50. The number of piperidine rings is 1. The second-order valence-electron chi connectivity index (χ2n) is 5.65. The zero-order chi connectivity index (χ0) is 17.0. The van der Waals surface area contributed by atoms with E-state index >= 15 is 0 Å². The molecule has 0 bridgehead atoms. The summed E-state index contributed by atoms with van der Waals surface area (Å²) in [6.07, 6.45) is 1.61. The molecule has 1 heterocycles. The van der Waals surface area contributed by atoms with Crippen molar-refractivity contribution >= 4 is 16.0 Å². The van der Waals surface area contributed by atoms with Gasteiger partial charge in [0.25, 0.3) is 0 Å². The molecule has 2 rings (SSSR count). The number of hydrogen-bond acceptors (Lipinski definition) is 4. The number of halogens is 1. The van der Waals surface area contributed by atoms with Gasteiger partial charge in [-0.3, -0.25) is 9.69 Å². The van der Waals surface area contributed by atoms with E-state index in [0.717, 1.165) is 12.1 Å². The minimum absolute atomic E-state index is 0.0262. The number of nitrogens with zero attached hydrogens (tertiary/aromatic N) is 1. The summed E-state index contributed by atoms with van der Waals surface area (Å²) < 4.78 is 40.0. The quantitative estimate of drug-likeness (QED) is 0.815. The topological polar surface area (TPSA) is 86.7 Å². The Morgan fingerprint density at radius 1 is 1.35 bits per heavy atom. The first-order valence-corrected chi connectivity index (χ1v) is 9.06. The molecular formula is C15H21FN2O4S. The number of aliphatic carboxylic acids is 1. The second kappa shape index (κ2) is 7.37. The van der Waals surface area contributed by atoms with E-state index in [0.29, 0.717) is 32.4 Å². The Hall–Kier alpha value is -1.51. The highest BCUT2D eigenvalue weighted by Crippen LogP contribution is 2.18. The van der Waals surface area contributed by atoms with Gasteiger partial charge in [0.15, 0.2) is 0 Å². The van der Waals surface area contributed by atoms with Crippen molar-refractivity contribution in [2.45, 2.75) is 43.2 Å². The molecule has 6 nitrogen and oxygen atoms in total. The first kappa shape index (κ1) is 17.8. The molecule has 1 aliphatic heterocycles. The van der Waals surface area contributed by atoms with Crippen LogP contribution in [-0.2, 0) is 14.8 Å². The van der Waals surface area contributed by atoms with E-state index in [9.17, 15) is 17.6 Å². The smallest absolute Gasteiger partial charge is 0.320 e. The molecule has 1 saturated heterocycles. The van der Waals surface area contributed by atoms with Crippen LogP contribution in [0.25, 0.3) is 0 Å². The molecule has 128 valence electrons. The van der Waals surface area contributed by atoms with Gasteiger partial charge in [0.2, 0.25) is 10.0 Å². The van der Waals surface area contributed by atoms with Crippen LogP contribution in [0.1, 0.15) is 26.2 Å². The highest BCUT2D eigenvalue weighted by Gasteiger charge is 2.30. The molecule has 1 aromatic rings. The summed E-state index contributed by atoms with van der Waals surface area (Å²) in [6, 6.07) is 3.90. The van der Waals surface area contributed by atoms with Crippen molar-refractivity contribution in [2.24, 2.45) is 0 Å². The van der Waals surface area contributed by atoms with Crippen LogP contribution >= 0.6 is 0 Å². The Kier molecular flexibility index (Phi) is 5.72. The van der Waals surface area contributed by atoms with E-state index < -0.39 is 27.9 Å². The van der Waals surface area contributed by atoms with Crippen molar-refractivity contribution < 1.29 is 22.7 Å². The molecule has 1 aliphatic rings. The molecule has 23 heavy (non-hydrogen) atoms. The summed E-state index contributed by atoms with van der Waals surface area (Å²) in [6.45, 7) is 2.88. The number of benzene rings is 1. The molecule has 1 fully saturated rings. The third-order valence-electron chi connectivity index (χ3n) is 4.09. The summed E-state index contributed by atoms with van der Waals surface area (Å²) in [5, 5.41) is 9.17. The maximum absolute atomic E-state index is 12.9. The Balaban J connectivity index is 1.96. The van der Waals surface area contributed by atoms with E-state index in [4.69, 9.17) is 5.11 Å². The highest BCUT2D eigenvalue weighted by molar-refractivity contribution is 7.89. The van der Waals surface area contributed by atoms with Crippen LogP contribution in [0.2, 0.25) is 0 Å². The van der Waals surface area contributed by atoms with Crippen molar-refractivity contribution in [2.75, 3.05) is 13.1 Å². The number of rotatable bonds is 6. The fourth-order valence-electron chi connectivity index (χ4n) is 2.82. The van der Waals surface area contributed by atoms with Gasteiger partial charge in [-0.25, -0.2) is 17.5 Å². The molecular weight excluding hydrogens is 323 g/mol. The van der Waals surface area contributed by atoms with Gasteiger partial charge in [-0.15, -0.1) is 0 Å². The van der Waals surface area contributed by atoms with Gasteiger partial charge in [0.1, 0.15) is 11.9 Å². The normalized spacial score (nSPS) is 18.7.